The van der Waals surface area contributed by atoms with Crippen LogP contribution >= 0.6 is 27.7 Å². The number of benzene rings is 2. The van der Waals surface area contributed by atoms with Gasteiger partial charge >= 0.3 is 0 Å². The van der Waals surface area contributed by atoms with Gasteiger partial charge in [0.05, 0.1) is 9.38 Å². The van der Waals surface area contributed by atoms with Crippen molar-refractivity contribution in [3.63, 3.8) is 0 Å². The molecule has 0 spiro atoms. The van der Waals surface area contributed by atoms with E-state index in [0.717, 1.165) is 43.6 Å². The van der Waals surface area contributed by atoms with Crippen molar-refractivity contribution in [2.24, 2.45) is 0 Å². The summed E-state index contributed by atoms with van der Waals surface area (Å²) in [6.07, 6.45) is 4.16. The zero-order chi connectivity index (χ0) is 19.4. The van der Waals surface area contributed by atoms with Gasteiger partial charge in [-0.15, -0.1) is 6.58 Å². The van der Waals surface area contributed by atoms with Gasteiger partial charge in [0.2, 0.25) is 0 Å². The van der Waals surface area contributed by atoms with Crippen molar-refractivity contribution in [2.75, 3.05) is 7.05 Å². The molecule has 3 rings (SSSR count). The summed E-state index contributed by atoms with van der Waals surface area (Å²) in [6, 6.07) is 13.8. The fraction of sp³-hybridized carbons (Fsp3) is 0.143. The lowest BCUT2D eigenvalue weighted by Gasteiger charge is -2.14. The second-order valence-corrected chi connectivity index (χ2v) is 7.85. The van der Waals surface area contributed by atoms with Crippen molar-refractivity contribution in [3.05, 3.63) is 81.2 Å². The molecule has 1 aliphatic rings. The molecule has 4 nitrogen and oxygen atoms in total. The lowest BCUT2D eigenvalue weighted by atomic mass is 10.1. The Labute approximate surface area is 171 Å². The largest absolute Gasteiger partial charge is 0.487 e. The van der Waals surface area contributed by atoms with Crippen LogP contribution in [0.3, 0.4) is 0 Å². The zero-order valence-electron chi connectivity index (χ0n) is 14.8. The number of thioether (sulfide) groups is 1. The van der Waals surface area contributed by atoms with E-state index in [1.54, 1.807) is 12.2 Å². The molecule has 0 radical (unpaired) electrons. The highest BCUT2D eigenvalue weighted by atomic mass is 79.9. The Balaban J connectivity index is 1.89. The van der Waals surface area contributed by atoms with Gasteiger partial charge in [0.15, 0.2) is 0 Å². The first-order valence-electron chi connectivity index (χ1n) is 8.31. The first kappa shape index (κ1) is 19.5. The van der Waals surface area contributed by atoms with Crippen LogP contribution in [0.5, 0.6) is 5.75 Å². The van der Waals surface area contributed by atoms with Crippen LogP contribution in [0.1, 0.15) is 16.7 Å². The quantitative estimate of drug-likeness (QED) is 0.441. The lowest BCUT2D eigenvalue weighted by molar-refractivity contribution is -0.121. The number of carbonyl (C=O) groups excluding carboxylic acids is 2. The maximum Gasteiger partial charge on any atom is 0.293 e. The van der Waals surface area contributed by atoms with Gasteiger partial charge in [0.1, 0.15) is 12.4 Å². The van der Waals surface area contributed by atoms with E-state index in [1.165, 1.54) is 7.05 Å². The number of carbonyl (C=O) groups is 2. The maximum atomic E-state index is 12.1. The SMILES string of the molecule is C=CCc1cc(/C=C2\SC(=O)N(C)C2=O)cc(Br)c1OCc1ccccc1. The minimum absolute atomic E-state index is 0.264. The Morgan fingerprint density at radius 1 is 1.22 bits per heavy atom. The van der Waals surface area contributed by atoms with Crippen molar-refractivity contribution < 1.29 is 14.3 Å². The normalized spacial score (nSPS) is 15.5. The molecule has 0 N–H and O–H groups in total. The van der Waals surface area contributed by atoms with Gasteiger partial charge in [0, 0.05) is 7.05 Å². The highest BCUT2D eigenvalue weighted by Crippen LogP contribution is 2.35. The highest BCUT2D eigenvalue weighted by Gasteiger charge is 2.31. The number of allylic oxidation sites excluding steroid dienone is 1. The fourth-order valence-electron chi connectivity index (χ4n) is 2.65. The number of halogens is 1. The molecule has 0 saturated carbocycles. The van der Waals surface area contributed by atoms with Crippen LogP contribution in [-0.4, -0.2) is 23.1 Å². The zero-order valence-corrected chi connectivity index (χ0v) is 17.2. The third kappa shape index (κ3) is 4.51. The predicted octanol–water partition coefficient (Wildman–Crippen LogP) is 5.42. The topological polar surface area (TPSA) is 46.6 Å². The van der Waals surface area contributed by atoms with Crippen LogP contribution in [0, 0.1) is 0 Å². The first-order valence-corrected chi connectivity index (χ1v) is 9.92. The smallest absolute Gasteiger partial charge is 0.293 e. The Kier molecular flexibility index (Phi) is 6.19. The molecule has 138 valence electrons. The minimum atomic E-state index is -0.282. The van der Waals surface area contributed by atoms with E-state index < -0.39 is 0 Å². The summed E-state index contributed by atoms with van der Waals surface area (Å²) in [4.78, 5) is 25.3. The van der Waals surface area contributed by atoms with Gasteiger partial charge < -0.3 is 4.74 Å². The summed E-state index contributed by atoms with van der Waals surface area (Å²) < 4.78 is 6.83. The van der Waals surface area contributed by atoms with Crippen molar-refractivity contribution in [2.45, 2.75) is 13.0 Å². The van der Waals surface area contributed by atoms with Crippen molar-refractivity contribution in [3.8, 4) is 5.75 Å². The number of amides is 2. The van der Waals surface area contributed by atoms with E-state index in [2.05, 4.69) is 22.5 Å². The molecule has 2 amide bonds. The van der Waals surface area contributed by atoms with Crippen LogP contribution < -0.4 is 4.74 Å². The van der Waals surface area contributed by atoms with Gasteiger partial charge in [-0.2, -0.15) is 0 Å². The van der Waals surface area contributed by atoms with E-state index >= 15 is 0 Å². The molecule has 1 aliphatic heterocycles. The van der Waals surface area contributed by atoms with E-state index in [0.29, 0.717) is 17.9 Å². The Morgan fingerprint density at radius 3 is 2.59 bits per heavy atom. The van der Waals surface area contributed by atoms with Crippen molar-refractivity contribution in [1.29, 1.82) is 0 Å². The van der Waals surface area contributed by atoms with Gasteiger partial charge in [-0.3, -0.25) is 14.5 Å². The summed E-state index contributed by atoms with van der Waals surface area (Å²) in [7, 11) is 1.48. The third-order valence-corrected chi connectivity index (χ3v) is 5.57. The molecule has 1 fully saturated rings. The van der Waals surface area contributed by atoms with Gasteiger partial charge in [-0.1, -0.05) is 36.4 Å². The monoisotopic (exact) mass is 443 g/mol. The highest BCUT2D eigenvalue weighted by molar-refractivity contribution is 9.10. The van der Waals surface area contributed by atoms with Gasteiger partial charge in [-0.05, 0) is 69.0 Å². The predicted molar refractivity (Wildman–Crippen MR) is 113 cm³/mol. The molecule has 27 heavy (non-hydrogen) atoms. The van der Waals surface area contributed by atoms with Crippen LogP contribution in [0.2, 0.25) is 0 Å². The Bertz CT molecular complexity index is 925. The molecule has 0 atom stereocenters. The second kappa shape index (κ2) is 8.59. The molecular weight excluding hydrogens is 426 g/mol. The number of rotatable bonds is 6. The molecule has 0 aromatic heterocycles. The standard InChI is InChI=1S/C21H18BrNO3S/c1-3-7-16-10-15(12-18-20(24)23(2)21(25)27-18)11-17(22)19(16)26-13-14-8-5-4-6-9-14/h3-6,8-12H,1,7,13H2,2H3/b18-12-. The second-order valence-electron chi connectivity index (χ2n) is 6.00. The first-order chi connectivity index (χ1) is 13.0. The third-order valence-electron chi connectivity index (χ3n) is 4.02. The van der Waals surface area contributed by atoms with Crippen LogP contribution in [0.25, 0.3) is 6.08 Å². The Morgan fingerprint density at radius 2 is 1.96 bits per heavy atom. The summed E-state index contributed by atoms with van der Waals surface area (Å²) in [5.74, 6) is 0.468. The molecule has 2 aromatic carbocycles. The van der Waals surface area contributed by atoms with E-state index in [4.69, 9.17) is 4.74 Å². The van der Waals surface area contributed by atoms with Crippen LogP contribution in [0.4, 0.5) is 4.79 Å². The summed E-state index contributed by atoms with van der Waals surface area (Å²) >= 11 is 4.52. The fourth-order valence-corrected chi connectivity index (χ4v) is 4.11. The molecule has 0 aliphatic carbocycles. The molecular formula is C21H18BrNO3S. The molecule has 6 heteroatoms. The molecule has 0 unspecified atom stereocenters. The molecule has 0 bridgehead atoms. The van der Waals surface area contributed by atoms with Gasteiger partial charge in [0.25, 0.3) is 11.1 Å². The number of nitrogens with zero attached hydrogens (tertiary/aromatic N) is 1. The summed E-state index contributed by atoms with van der Waals surface area (Å²) in [5.41, 5.74) is 2.86. The molecule has 2 aromatic rings. The van der Waals surface area contributed by atoms with Crippen molar-refractivity contribution in [1.82, 2.24) is 4.90 Å². The number of likely N-dealkylation sites (N-methyl/N-ethyl adjacent to an activating group) is 1. The molecule has 1 saturated heterocycles. The average Bonchev–Trinajstić information content (AvgIpc) is 2.89. The van der Waals surface area contributed by atoms with Crippen molar-refractivity contribution >= 4 is 44.9 Å². The summed E-state index contributed by atoms with van der Waals surface area (Å²) in [6.45, 7) is 4.27. The van der Waals surface area contributed by atoms with Gasteiger partial charge in [-0.25, -0.2) is 0 Å². The number of hydrogen-bond acceptors (Lipinski definition) is 4. The number of hydrogen-bond donors (Lipinski definition) is 0. The van der Waals surface area contributed by atoms with E-state index in [1.807, 2.05) is 42.5 Å². The van der Waals surface area contributed by atoms with E-state index in [-0.39, 0.29) is 11.1 Å². The maximum absolute atomic E-state index is 12.1. The minimum Gasteiger partial charge on any atom is -0.487 e. The summed E-state index contributed by atoms with van der Waals surface area (Å²) in [5, 5.41) is -0.264. The number of ether oxygens (including phenoxy) is 1. The number of imide groups is 1. The van der Waals surface area contributed by atoms with Crippen LogP contribution in [0.15, 0.2) is 64.5 Å². The lowest BCUT2D eigenvalue weighted by Crippen LogP contribution is -2.22. The Hall–Kier alpha value is -2.31. The van der Waals surface area contributed by atoms with E-state index in [9.17, 15) is 9.59 Å². The van der Waals surface area contributed by atoms with Crippen LogP contribution in [-0.2, 0) is 17.8 Å². The average molecular weight is 444 g/mol. The molecule has 1 heterocycles.